The van der Waals surface area contributed by atoms with Crippen LogP contribution in [0.5, 0.6) is 5.75 Å². The lowest BCUT2D eigenvalue weighted by molar-refractivity contribution is 0.102. The zero-order chi connectivity index (χ0) is 20.2. The molecule has 0 atom stereocenters. The fourth-order valence-corrected chi connectivity index (χ4v) is 3.79. The standard InChI is InChI=1S/C21H19N5O2S/c1-3-28-18-7-5-4-6-17(18)20(27)25-15-8-10-16(11-9-15)29-19-12-14(2)24-21-22-13-23-26(19)21/h4-13H,3H2,1-2H3,(H,25,27). The van der Waals surface area contributed by atoms with Crippen molar-refractivity contribution in [2.45, 2.75) is 23.8 Å². The van der Waals surface area contributed by atoms with Crippen molar-refractivity contribution in [2.24, 2.45) is 0 Å². The SMILES string of the molecule is CCOc1ccccc1C(=O)Nc1ccc(Sc2cc(C)nc3ncnn23)cc1. The number of para-hydroxylation sites is 1. The van der Waals surface area contributed by atoms with Gasteiger partial charge in [0.1, 0.15) is 17.1 Å². The molecule has 1 N–H and O–H groups in total. The summed E-state index contributed by atoms with van der Waals surface area (Å²) in [4.78, 5) is 22.1. The van der Waals surface area contributed by atoms with Crippen molar-refractivity contribution in [1.82, 2.24) is 19.6 Å². The second kappa shape index (κ2) is 8.32. The maximum atomic E-state index is 12.6. The maximum absolute atomic E-state index is 12.6. The molecule has 0 saturated heterocycles. The molecule has 0 aliphatic carbocycles. The quantitative estimate of drug-likeness (QED) is 0.483. The van der Waals surface area contributed by atoms with E-state index < -0.39 is 0 Å². The number of nitrogens with one attached hydrogen (secondary N) is 1. The summed E-state index contributed by atoms with van der Waals surface area (Å²) in [5.41, 5.74) is 2.10. The second-order valence-electron chi connectivity index (χ2n) is 6.22. The number of carbonyl (C=O) groups excluding carboxylic acids is 1. The third-order valence-electron chi connectivity index (χ3n) is 4.11. The number of hydrogen-bond donors (Lipinski definition) is 1. The summed E-state index contributed by atoms with van der Waals surface area (Å²) >= 11 is 1.56. The van der Waals surface area contributed by atoms with Gasteiger partial charge in [-0.15, -0.1) is 0 Å². The predicted molar refractivity (Wildman–Crippen MR) is 112 cm³/mol. The van der Waals surface area contributed by atoms with E-state index in [1.165, 1.54) is 6.33 Å². The Morgan fingerprint density at radius 1 is 1.17 bits per heavy atom. The van der Waals surface area contributed by atoms with Gasteiger partial charge in [-0.05, 0) is 56.3 Å². The van der Waals surface area contributed by atoms with Crippen molar-refractivity contribution in [1.29, 1.82) is 0 Å². The van der Waals surface area contributed by atoms with Gasteiger partial charge in [0, 0.05) is 16.3 Å². The van der Waals surface area contributed by atoms with E-state index in [1.54, 1.807) is 28.4 Å². The summed E-state index contributed by atoms with van der Waals surface area (Å²) in [6.07, 6.45) is 1.49. The van der Waals surface area contributed by atoms with Crippen LogP contribution < -0.4 is 10.1 Å². The average molecular weight is 405 g/mol. The van der Waals surface area contributed by atoms with Crippen LogP contribution >= 0.6 is 11.8 Å². The van der Waals surface area contributed by atoms with Crippen molar-refractivity contribution in [3.63, 3.8) is 0 Å². The van der Waals surface area contributed by atoms with E-state index in [4.69, 9.17) is 4.74 Å². The topological polar surface area (TPSA) is 81.4 Å². The Morgan fingerprint density at radius 3 is 2.76 bits per heavy atom. The van der Waals surface area contributed by atoms with E-state index in [1.807, 2.05) is 56.3 Å². The molecule has 1 amide bonds. The van der Waals surface area contributed by atoms with Crippen LogP contribution in [0.2, 0.25) is 0 Å². The van der Waals surface area contributed by atoms with E-state index >= 15 is 0 Å². The molecule has 146 valence electrons. The zero-order valence-electron chi connectivity index (χ0n) is 16.0. The first kappa shape index (κ1) is 18.9. The van der Waals surface area contributed by atoms with Crippen LogP contribution in [0.25, 0.3) is 5.78 Å². The third kappa shape index (κ3) is 4.22. The van der Waals surface area contributed by atoms with Crippen LogP contribution in [-0.2, 0) is 0 Å². The highest BCUT2D eigenvalue weighted by Crippen LogP contribution is 2.29. The fourth-order valence-electron chi connectivity index (χ4n) is 2.83. The molecule has 2 heterocycles. The number of aryl methyl sites for hydroxylation is 1. The Bertz CT molecular complexity index is 1160. The van der Waals surface area contributed by atoms with E-state index in [9.17, 15) is 4.79 Å². The molecule has 4 rings (SSSR count). The van der Waals surface area contributed by atoms with E-state index in [0.717, 1.165) is 15.6 Å². The van der Waals surface area contributed by atoms with Gasteiger partial charge < -0.3 is 10.1 Å². The number of carbonyl (C=O) groups is 1. The first-order chi connectivity index (χ1) is 14.1. The normalized spacial score (nSPS) is 10.8. The largest absolute Gasteiger partial charge is 0.493 e. The summed E-state index contributed by atoms with van der Waals surface area (Å²) in [5.74, 6) is 0.942. The summed E-state index contributed by atoms with van der Waals surface area (Å²) < 4.78 is 7.24. The first-order valence-corrected chi connectivity index (χ1v) is 9.94. The van der Waals surface area contributed by atoms with Gasteiger partial charge in [-0.25, -0.2) is 4.98 Å². The number of hydrogen-bond acceptors (Lipinski definition) is 6. The third-order valence-corrected chi connectivity index (χ3v) is 5.12. The van der Waals surface area contributed by atoms with Crippen molar-refractivity contribution < 1.29 is 9.53 Å². The van der Waals surface area contributed by atoms with Crippen molar-refractivity contribution in [3.8, 4) is 5.75 Å². The first-order valence-electron chi connectivity index (χ1n) is 9.12. The van der Waals surface area contributed by atoms with E-state index in [2.05, 4.69) is 20.4 Å². The minimum Gasteiger partial charge on any atom is -0.493 e. The summed E-state index contributed by atoms with van der Waals surface area (Å²) in [5, 5.41) is 8.06. The molecule has 8 heteroatoms. The number of aromatic nitrogens is 4. The smallest absolute Gasteiger partial charge is 0.259 e. The molecule has 0 radical (unpaired) electrons. The molecule has 0 spiro atoms. The molecule has 7 nitrogen and oxygen atoms in total. The maximum Gasteiger partial charge on any atom is 0.259 e. The Balaban J connectivity index is 1.50. The van der Waals surface area contributed by atoms with Crippen molar-refractivity contribution in [3.05, 3.63) is 72.2 Å². The van der Waals surface area contributed by atoms with E-state index in [0.29, 0.717) is 29.4 Å². The highest BCUT2D eigenvalue weighted by Gasteiger charge is 2.12. The van der Waals surface area contributed by atoms with Gasteiger partial charge in [0.25, 0.3) is 11.7 Å². The molecular formula is C21H19N5O2S. The highest BCUT2D eigenvalue weighted by atomic mass is 32.2. The summed E-state index contributed by atoms with van der Waals surface area (Å²) in [7, 11) is 0. The number of benzene rings is 2. The lowest BCUT2D eigenvalue weighted by Crippen LogP contribution is -2.13. The Morgan fingerprint density at radius 2 is 1.97 bits per heavy atom. The van der Waals surface area contributed by atoms with Crippen LogP contribution in [0, 0.1) is 6.92 Å². The van der Waals surface area contributed by atoms with Gasteiger partial charge in [-0.1, -0.05) is 23.9 Å². The highest BCUT2D eigenvalue weighted by molar-refractivity contribution is 7.99. The fraction of sp³-hybridized carbons (Fsp3) is 0.143. The van der Waals surface area contributed by atoms with Gasteiger partial charge >= 0.3 is 0 Å². The van der Waals surface area contributed by atoms with Gasteiger partial charge in [0.05, 0.1) is 12.2 Å². The second-order valence-corrected chi connectivity index (χ2v) is 7.31. The van der Waals surface area contributed by atoms with Crippen LogP contribution in [-0.4, -0.2) is 32.1 Å². The molecule has 29 heavy (non-hydrogen) atoms. The minimum atomic E-state index is -0.205. The minimum absolute atomic E-state index is 0.205. The molecule has 0 aliphatic rings. The van der Waals surface area contributed by atoms with Crippen LogP contribution in [0.15, 0.2) is 70.8 Å². The van der Waals surface area contributed by atoms with Crippen molar-refractivity contribution >= 4 is 29.1 Å². The lowest BCUT2D eigenvalue weighted by Gasteiger charge is -2.11. The lowest BCUT2D eigenvalue weighted by atomic mass is 10.2. The summed E-state index contributed by atoms with van der Waals surface area (Å²) in [6.45, 7) is 4.32. The number of fused-ring (bicyclic) bond motifs is 1. The molecule has 2 aromatic heterocycles. The van der Waals surface area contributed by atoms with Crippen LogP contribution in [0.3, 0.4) is 0 Å². The van der Waals surface area contributed by atoms with Gasteiger partial charge in [-0.3, -0.25) is 4.79 Å². The summed E-state index contributed by atoms with van der Waals surface area (Å²) in [6, 6.07) is 16.8. The molecule has 0 aliphatic heterocycles. The van der Waals surface area contributed by atoms with Crippen LogP contribution in [0.4, 0.5) is 5.69 Å². The number of ether oxygens (including phenoxy) is 1. The molecule has 0 saturated carbocycles. The molecule has 0 bridgehead atoms. The molecular weight excluding hydrogens is 386 g/mol. The molecule has 2 aromatic carbocycles. The van der Waals surface area contributed by atoms with Gasteiger partial charge in [0.15, 0.2) is 0 Å². The Hall–Kier alpha value is -3.39. The van der Waals surface area contributed by atoms with Crippen molar-refractivity contribution in [2.75, 3.05) is 11.9 Å². The zero-order valence-corrected chi connectivity index (χ0v) is 16.8. The average Bonchev–Trinajstić information content (AvgIpc) is 3.19. The number of nitrogens with zero attached hydrogens (tertiary/aromatic N) is 4. The van der Waals surface area contributed by atoms with E-state index in [-0.39, 0.29) is 5.91 Å². The Labute approximate surface area is 172 Å². The van der Waals surface area contributed by atoms with Crippen LogP contribution in [0.1, 0.15) is 23.0 Å². The number of amides is 1. The van der Waals surface area contributed by atoms with Gasteiger partial charge in [0.2, 0.25) is 0 Å². The number of rotatable bonds is 6. The monoisotopic (exact) mass is 405 g/mol. The molecule has 0 unspecified atom stereocenters. The Kier molecular flexibility index (Phi) is 5.44. The predicted octanol–water partition coefficient (Wildman–Crippen LogP) is 4.23. The number of anilines is 1. The molecule has 0 fully saturated rings. The van der Waals surface area contributed by atoms with Gasteiger partial charge in [-0.2, -0.15) is 14.6 Å². The molecule has 4 aromatic rings.